The molecule has 0 spiro atoms. The standard InChI is InChI=1S/C24H28ClFN4O2S2/c1-28(2)20-7-3-18(4-8-20)22(17-27-34(31,32)24-12-11-23(25)33-24)30-15-13-29(14-16-30)21-9-5-19(26)6-10-21/h3-12,22,27H,13-17H2,1-2H3. The van der Waals surface area contributed by atoms with Gasteiger partial charge in [-0.1, -0.05) is 23.7 Å². The van der Waals surface area contributed by atoms with Crippen LogP contribution in [0.25, 0.3) is 0 Å². The Morgan fingerprint density at radius 2 is 1.65 bits per heavy atom. The van der Waals surface area contributed by atoms with E-state index in [1.807, 2.05) is 31.1 Å². The molecule has 1 atom stereocenters. The lowest BCUT2D eigenvalue weighted by Gasteiger charge is -2.40. The second-order valence-corrected chi connectivity index (χ2v) is 12.1. The van der Waals surface area contributed by atoms with Crippen molar-refractivity contribution in [1.82, 2.24) is 9.62 Å². The van der Waals surface area contributed by atoms with Crippen molar-refractivity contribution in [3.8, 4) is 0 Å². The van der Waals surface area contributed by atoms with Gasteiger partial charge in [0.1, 0.15) is 10.0 Å². The molecule has 1 fully saturated rings. The first kappa shape index (κ1) is 24.9. The Balaban J connectivity index is 1.51. The van der Waals surface area contributed by atoms with Gasteiger partial charge in [0.05, 0.1) is 4.34 Å². The van der Waals surface area contributed by atoms with E-state index in [1.165, 1.54) is 18.2 Å². The number of piperazine rings is 1. The molecule has 1 N–H and O–H groups in total. The predicted molar refractivity (Wildman–Crippen MR) is 138 cm³/mol. The SMILES string of the molecule is CN(C)c1ccc(C(CNS(=O)(=O)c2ccc(Cl)s2)N2CCN(c3ccc(F)cc3)CC2)cc1. The summed E-state index contributed by atoms with van der Waals surface area (Å²) >= 11 is 6.99. The molecular weight excluding hydrogens is 495 g/mol. The molecule has 1 saturated heterocycles. The zero-order valence-electron chi connectivity index (χ0n) is 19.1. The number of benzene rings is 2. The predicted octanol–water partition coefficient (Wildman–Crippen LogP) is 4.45. The van der Waals surface area contributed by atoms with E-state index in [0.29, 0.717) is 4.34 Å². The number of hydrogen-bond donors (Lipinski definition) is 1. The first-order valence-corrected chi connectivity index (χ1v) is 13.7. The average molecular weight is 523 g/mol. The number of rotatable bonds is 8. The molecule has 0 aliphatic carbocycles. The summed E-state index contributed by atoms with van der Waals surface area (Å²) in [6, 6.07) is 17.7. The minimum atomic E-state index is -3.66. The van der Waals surface area contributed by atoms with E-state index in [1.54, 1.807) is 18.2 Å². The molecule has 1 unspecified atom stereocenters. The molecule has 2 aromatic carbocycles. The lowest BCUT2D eigenvalue weighted by atomic mass is 10.0. The summed E-state index contributed by atoms with van der Waals surface area (Å²) in [5.74, 6) is -0.247. The van der Waals surface area contributed by atoms with Crippen molar-refractivity contribution >= 4 is 44.3 Å². The average Bonchev–Trinajstić information content (AvgIpc) is 3.28. The third kappa shape index (κ3) is 5.90. The molecule has 2 heterocycles. The molecular formula is C24H28ClFN4O2S2. The Morgan fingerprint density at radius 3 is 2.21 bits per heavy atom. The van der Waals surface area contributed by atoms with Crippen LogP contribution < -0.4 is 14.5 Å². The summed E-state index contributed by atoms with van der Waals surface area (Å²) < 4.78 is 42.4. The maximum absolute atomic E-state index is 13.3. The monoisotopic (exact) mass is 522 g/mol. The molecule has 1 aromatic heterocycles. The van der Waals surface area contributed by atoms with Crippen molar-refractivity contribution in [3.63, 3.8) is 0 Å². The van der Waals surface area contributed by atoms with Crippen molar-refractivity contribution in [2.45, 2.75) is 10.3 Å². The van der Waals surface area contributed by atoms with Gasteiger partial charge < -0.3 is 9.80 Å². The van der Waals surface area contributed by atoms with Crippen LogP contribution in [0.4, 0.5) is 15.8 Å². The lowest BCUT2D eigenvalue weighted by molar-refractivity contribution is 0.187. The molecule has 34 heavy (non-hydrogen) atoms. The third-order valence-electron chi connectivity index (χ3n) is 6.02. The molecule has 1 aliphatic rings. The van der Waals surface area contributed by atoms with E-state index in [2.05, 4.69) is 26.7 Å². The Labute approximate surface area is 209 Å². The quantitative estimate of drug-likeness (QED) is 0.474. The zero-order valence-corrected chi connectivity index (χ0v) is 21.5. The highest BCUT2D eigenvalue weighted by Gasteiger charge is 2.27. The minimum absolute atomic E-state index is 0.128. The van der Waals surface area contributed by atoms with E-state index in [9.17, 15) is 12.8 Å². The van der Waals surface area contributed by atoms with Crippen molar-refractivity contribution in [1.29, 1.82) is 0 Å². The summed E-state index contributed by atoms with van der Waals surface area (Å²) in [6.07, 6.45) is 0. The summed E-state index contributed by atoms with van der Waals surface area (Å²) in [7, 11) is 0.318. The highest BCUT2D eigenvalue weighted by atomic mass is 35.5. The van der Waals surface area contributed by atoms with Crippen molar-refractivity contribution in [3.05, 3.63) is 76.4 Å². The Kier molecular flexibility index (Phi) is 7.79. The molecule has 1 aliphatic heterocycles. The molecule has 182 valence electrons. The lowest BCUT2D eigenvalue weighted by Crippen LogP contribution is -2.49. The van der Waals surface area contributed by atoms with E-state index in [4.69, 9.17) is 11.6 Å². The Bertz CT molecular complexity index is 1190. The number of halogens is 2. The zero-order chi connectivity index (χ0) is 24.3. The molecule has 10 heteroatoms. The van der Waals surface area contributed by atoms with Crippen LogP contribution >= 0.6 is 22.9 Å². The molecule has 0 radical (unpaired) electrons. The fraction of sp³-hybridized carbons (Fsp3) is 0.333. The van der Waals surface area contributed by atoms with E-state index in [-0.39, 0.29) is 22.6 Å². The van der Waals surface area contributed by atoms with Crippen molar-refractivity contribution < 1.29 is 12.8 Å². The van der Waals surface area contributed by atoms with Gasteiger partial charge in [-0.3, -0.25) is 4.90 Å². The van der Waals surface area contributed by atoms with Gasteiger partial charge in [0, 0.05) is 64.2 Å². The maximum atomic E-state index is 13.3. The Morgan fingerprint density at radius 1 is 1.00 bits per heavy atom. The second-order valence-electron chi connectivity index (χ2n) is 8.41. The first-order valence-electron chi connectivity index (χ1n) is 11.0. The van der Waals surface area contributed by atoms with Gasteiger partial charge in [-0.05, 0) is 54.1 Å². The molecule has 0 bridgehead atoms. The van der Waals surface area contributed by atoms with Crippen LogP contribution in [0.15, 0.2) is 64.9 Å². The van der Waals surface area contributed by atoms with Gasteiger partial charge in [-0.2, -0.15) is 0 Å². The normalized spacial score (nSPS) is 15.9. The molecule has 6 nitrogen and oxygen atoms in total. The van der Waals surface area contributed by atoms with Gasteiger partial charge in [0.15, 0.2) is 0 Å². The summed E-state index contributed by atoms with van der Waals surface area (Å²) in [5, 5.41) is 0. The number of hydrogen-bond acceptors (Lipinski definition) is 6. The van der Waals surface area contributed by atoms with Crippen LogP contribution in [0, 0.1) is 5.82 Å². The van der Waals surface area contributed by atoms with Crippen molar-refractivity contribution in [2.24, 2.45) is 0 Å². The van der Waals surface area contributed by atoms with Crippen LogP contribution in [0.1, 0.15) is 11.6 Å². The van der Waals surface area contributed by atoms with Gasteiger partial charge in [-0.25, -0.2) is 17.5 Å². The first-order chi connectivity index (χ1) is 16.2. The Hall–Kier alpha value is -2.17. The highest BCUT2D eigenvalue weighted by Crippen LogP contribution is 2.28. The number of anilines is 2. The smallest absolute Gasteiger partial charge is 0.250 e. The minimum Gasteiger partial charge on any atom is -0.378 e. The largest absolute Gasteiger partial charge is 0.378 e. The second kappa shape index (κ2) is 10.6. The fourth-order valence-corrected chi connectivity index (χ4v) is 6.66. The van der Waals surface area contributed by atoms with E-state index >= 15 is 0 Å². The van der Waals surface area contributed by atoms with Crippen LogP contribution in [-0.2, 0) is 10.0 Å². The third-order valence-corrected chi connectivity index (χ3v) is 9.17. The van der Waals surface area contributed by atoms with Crippen LogP contribution in [0.3, 0.4) is 0 Å². The molecule has 0 amide bonds. The summed E-state index contributed by atoms with van der Waals surface area (Å²) in [5.41, 5.74) is 3.12. The van der Waals surface area contributed by atoms with Crippen molar-refractivity contribution in [2.75, 3.05) is 56.6 Å². The summed E-state index contributed by atoms with van der Waals surface area (Å²) in [6.45, 7) is 3.29. The molecule has 3 aromatic rings. The molecule has 4 rings (SSSR count). The molecule has 0 saturated carbocycles. The number of thiophene rings is 1. The number of nitrogens with zero attached hydrogens (tertiary/aromatic N) is 3. The highest BCUT2D eigenvalue weighted by molar-refractivity contribution is 7.91. The number of sulfonamides is 1. The topological polar surface area (TPSA) is 55.9 Å². The maximum Gasteiger partial charge on any atom is 0.250 e. The summed E-state index contributed by atoms with van der Waals surface area (Å²) in [4.78, 5) is 6.55. The van der Waals surface area contributed by atoms with Crippen LogP contribution in [-0.4, -0.2) is 60.1 Å². The number of nitrogens with one attached hydrogen (secondary N) is 1. The van der Waals surface area contributed by atoms with E-state index in [0.717, 1.165) is 54.5 Å². The van der Waals surface area contributed by atoms with Gasteiger partial charge in [0.25, 0.3) is 0 Å². The van der Waals surface area contributed by atoms with E-state index < -0.39 is 10.0 Å². The van der Waals surface area contributed by atoms with Gasteiger partial charge in [0.2, 0.25) is 10.0 Å². The van der Waals surface area contributed by atoms with Crippen LogP contribution in [0.2, 0.25) is 4.34 Å². The fourth-order valence-electron chi connectivity index (χ4n) is 4.10. The van der Waals surface area contributed by atoms with Crippen LogP contribution in [0.5, 0.6) is 0 Å². The van der Waals surface area contributed by atoms with Gasteiger partial charge in [-0.15, -0.1) is 11.3 Å². The van der Waals surface area contributed by atoms with Gasteiger partial charge >= 0.3 is 0 Å².